The van der Waals surface area contributed by atoms with E-state index >= 15 is 0 Å². The van der Waals surface area contributed by atoms with E-state index in [9.17, 15) is 4.57 Å². The zero-order valence-corrected chi connectivity index (χ0v) is 16.5. The maximum atomic E-state index is 13.7. The fourth-order valence-electron chi connectivity index (χ4n) is 2.93. The van der Waals surface area contributed by atoms with Crippen molar-refractivity contribution in [1.82, 2.24) is 5.09 Å². The fourth-order valence-corrected chi connectivity index (χ4v) is 6.72. The van der Waals surface area contributed by atoms with E-state index in [4.69, 9.17) is 0 Å². The molecule has 1 N–H and O–H groups in total. The van der Waals surface area contributed by atoms with Gasteiger partial charge in [-0.2, -0.15) is 0 Å². The Morgan fingerprint density at radius 2 is 1.11 bits per heavy atom. The highest BCUT2D eigenvalue weighted by molar-refractivity contribution is 8.17. The van der Waals surface area contributed by atoms with Gasteiger partial charge in [-0.3, -0.25) is 9.65 Å². The van der Waals surface area contributed by atoms with Crippen molar-refractivity contribution < 1.29 is 4.57 Å². The van der Waals surface area contributed by atoms with Crippen LogP contribution in [0.5, 0.6) is 0 Å². The summed E-state index contributed by atoms with van der Waals surface area (Å²) in [6.45, 7) is 0.569. The molecule has 0 spiro atoms. The summed E-state index contributed by atoms with van der Waals surface area (Å²) < 4.78 is 13.7. The molecule has 1 aliphatic heterocycles. The van der Waals surface area contributed by atoms with E-state index in [1.54, 1.807) is 11.8 Å². The summed E-state index contributed by atoms with van der Waals surface area (Å²) in [6.07, 6.45) is 0. The van der Waals surface area contributed by atoms with E-state index in [-0.39, 0.29) is 0 Å². The van der Waals surface area contributed by atoms with Gasteiger partial charge in [0.15, 0.2) is 7.29 Å². The van der Waals surface area contributed by atoms with Crippen LogP contribution in [0.15, 0.2) is 103 Å². The lowest BCUT2D eigenvalue weighted by Crippen LogP contribution is -2.09. The Hall–Kier alpha value is -2.32. The molecule has 3 aromatic rings. The summed E-state index contributed by atoms with van der Waals surface area (Å²) in [4.78, 5) is 2.06. The number of rotatable bonds is 5. The van der Waals surface area contributed by atoms with Crippen LogP contribution >= 0.6 is 19.1 Å². The fraction of sp³-hybridized carbons (Fsp3) is 0.0435. The van der Waals surface area contributed by atoms with Crippen molar-refractivity contribution in [3.8, 4) is 0 Å². The molecule has 1 heterocycles. The van der Waals surface area contributed by atoms with Crippen LogP contribution in [0, 0.1) is 0 Å². The molecule has 4 heteroatoms. The minimum Gasteiger partial charge on any atom is -0.298 e. The molecule has 3 aromatic carbocycles. The molecule has 2 nitrogen and oxygen atoms in total. The van der Waals surface area contributed by atoms with Gasteiger partial charge in [0.25, 0.3) is 0 Å². The Labute approximate surface area is 164 Å². The van der Waals surface area contributed by atoms with Crippen LogP contribution in [-0.2, 0) is 11.1 Å². The Morgan fingerprint density at radius 3 is 1.59 bits per heavy atom. The number of hydrogen-bond donors (Lipinski definition) is 1. The summed E-state index contributed by atoms with van der Waals surface area (Å²) in [6, 6.07) is 30.4. The Bertz CT molecular complexity index is 955. The highest BCUT2D eigenvalue weighted by Crippen LogP contribution is 2.58. The molecular formula is C23H20NOPS. The second kappa shape index (κ2) is 8.14. The molecule has 27 heavy (non-hydrogen) atoms. The van der Waals surface area contributed by atoms with Crippen LogP contribution in [0.1, 0.15) is 16.7 Å². The Balaban J connectivity index is 1.69. The van der Waals surface area contributed by atoms with Crippen LogP contribution in [0.4, 0.5) is 0 Å². The Kier molecular flexibility index (Phi) is 5.45. The van der Waals surface area contributed by atoms with Crippen LogP contribution in [-0.4, -0.2) is 0 Å². The van der Waals surface area contributed by atoms with Gasteiger partial charge in [0.1, 0.15) is 0 Å². The molecule has 4 rings (SSSR count). The smallest absolute Gasteiger partial charge is 0.193 e. The van der Waals surface area contributed by atoms with Crippen LogP contribution < -0.4 is 5.09 Å². The topological polar surface area (TPSA) is 29.1 Å². The minimum atomic E-state index is -2.82. The Morgan fingerprint density at radius 1 is 0.667 bits per heavy atom. The summed E-state index contributed by atoms with van der Waals surface area (Å²) in [5.41, 5.74) is 3.30. The molecule has 0 fully saturated rings. The standard InChI is InChI=1S/C23H20NOPS/c25-26(24-16-19-10-4-1-5-11-19)17-22(20-12-6-2-7-13-20)27-23(18-26)21-14-8-3-9-15-21/h1-15,17-18H,16H2,(H,24,25). The molecule has 0 aliphatic carbocycles. The van der Waals surface area contributed by atoms with Gasteiger partial charge in [-0.1, -0.05) is 103 Å². The molecule has 0 bridgehead atoms. The van der Waals surface area contributed by atoms with Gasteiger partial charge in [-0.25, -0.2) is 0 Å². The SMILES string of the molecule is O=P1(NCc2ccccc2)C=C(c2ccccc2)SC(c2ccccc2)=C1. The lowest BCUT2D eigenvalue weighted by molar-refractivity contribution is 0.577. The number of nitrogens with one attached hydrogen (secondary N) is 1. The first-order valence-electron chi connectivity index (χ1n) is 8.85. The van der Waals surface area contributed by atoms with Crippen molar-refractivity contribution in [2.75, 3.05) is 0 Å². The molecule has 0 atom stereocenters. The number of hydrogen-bond acceptors (Lipinski definition) is 2. The highest BCUT2D eigenvalue weighted by atomic mass is 32.2. The van der Waals surface area contributed by atoms with Gasteiger partial charge in [0.05, 0.1) is 0 Å². The van der Waals surface area contributed by atoms with Crippen molar-refractivity contribution in [2.45, 2.75) is 6.54 Å². The van der Waals surface area contributed by atoms with E-state index in [1.165, 1.54) is 0 Å². The first-order chi connectivity index (χ1) is 13.2. The molecule has 0 aromatic heterocycles. The molecular weight excluding hydrogens is 369 g/mol. The molecule has 0 unspecified atom stereocenters. The zero-order valence-electron chi connectivity index (χ0n) is 14.8. The van der Waals surface area contributed by atoms with Gasteiger partial charge < -0.3 is 0 Å². The third-order valence-electron chi connectivity index (χ3n) is 4.33. The number of thioether (sulfide) groups is 1. The van der Waals surface area contributed by atoms with Crippen molar-refractivity contribution in [3.63, 3.8) is 0 Å². The van der Waals surface area contributed by atoms with E-state index in [0.717, 1.165) is 26.5 Å². The lowest BCUT2D eigenvalue weighted by atomic mass is 10.2. The summed E-state index contributed by atoms with van der Waals surface area (Å²) in [5.74, 6) is 3.81. The van der Waals surface area contributed by atoms with Crippen molar-refractivity contribution >= 4 is 28.9 Å². The van der Waals surface area contributed by atoms with E-state index in [2.05, 4.69) is 29.4 Å². The van der Waals surface area contributed by atoms with Crippen molar-refractivity contribution in [3.05, 3.63) is 119 Å². The van der Waals surface area contributed by atoms with Gasteiger partial charge >= 0.3 is 0 Å². The van der Waals surface area contributed by atoms with Gasteiger partial charge in [-0.05, 0) is 16.7 Å². The molecule has 1 aliphatic rings. The molecule has 134 valence electrons. The quantitative estimate of drug-likeness (QED) is 0.487. The maximum absolute atomic E-state index is 13.7. The van der Waals surface area contributed by atoms with Crippen LogP contribution in [0.3, 0.4) is 0 Å². The molecule has 0 radical (unpaired) electrons. The van der Waals surface area contributed by atoms with E-state index in [1.807, 2.05) is 78.4 Å². The van der Waals surface area contributed by atoms with Crippen molar-refractivity contribution in [1.29, 1.82) is 0 Å². The van der Waals surface area contributed by atoms with E-state index < -0.39 is 7.29 Å². The van der Waals surface area contributed by atoms with Crippen LogP contribution in [0.25, 0.3) is 9.81 Å². The first kappa shape index (κ1) is 18.1. The summed E-state index contributed by atoms with van der Waals surface area (Å²) in [5, 5.41) is 3.30. The highest BCUT2D eigenvalue weighted by Gasteiger charge is 2.25. The molecule has 0 saturated heterocycles. The monoisotopic (exact) mass is 389 g/mol. The molecule has 0 saturated carbocycles. The minimum absolute atomic E-state index is 0.569. The average Bonchev–Trinajstić information content (AvgIpc) is 2.74. The van der Waals surface area contributed by atoms with Gasteiger partial charge in [-0.15, -0.1) is 0 Å². The van der Waals surface area contributed by atoms with Gasteiger partial charge in [0, 0.05) is 28.0 Å². The third kappa shape index (κ3) is 4.51. The van der Waals surface area contributed by atoms with Crippen LogP contribution in [0.2, 0.25) is 0 Å². The summed E-state index contributed by atoms with van der Waals surface area (Å²) in [7, 11) is -2.82. The predicted molar refractivity (Wildman–Crippen MR) is 117 cm³/mol. The zero-order chi connectivity index (χ0) is 18.5. The second-order valence-corrected chi connectivity index (χ2v) is 9.69. The largest absolute Gasteiger partial charge is 0.298 e. The molecule has 0 amide bonds. The third-order valence-corrected chi connectivity index (χ3v) is 7.76. The van der Waals surface area contributed by atoms with Crippen molar-refractivity contribution in [2.24, 2.45) is 0 Å². The lowest BCUT2D eigenvalue weighted by Gasteiger charge is -2.22. The second-order valence-electron chi connectivity index (χ2n) is 6.35. The summed E-state index contributed by atoms with van der Waals surface area (Å²) >= 11 is 1.67. The van der Waals surface area contributed by atoms with Gasteiger partial charge in [0.2, 0.25) is 0 Å². The predicted octanol–water partition coefficient (Wildman–Crippen LogP) is 6.80. The maximum Gasteiger partial charge on any atom is 0.193 e. The first-order valence-corrected chi connectivity index (χ1v) is 11.5. The van der Waals surface area contributed by atoms with E-state index in [0.29, 0.717) is 6.54 Å². The number of benzene rings is 3. The average molecular weight is 389 g/mol. The normalized spacial score (nSPS) is 15.7.